The van der Waals surface area contributed by atoms with Gasteiger partial charge in [0, 0.05) is 12.1 Å². The van der Waals surface area contributed by atoms with E-state index in [1.807, 2.05) is 18.2 Å². The van der Waals surface area contributed by atoms with Crippen molar-refractivity contribution in [1.82, 2.24) is 10.6 Å². The number of nitrogens with two attached hydrogens (primary N) is 1. The Morgan fingerprint density at radius 2 is 1.69 bits per heavy atom. The number of carbonyl (C=O) groups excluding carboxylic acids is 2. The Kier molecular flexibility index (Phi) is 9.70. The number of amides is 2. The summed E-state index contributed by atoms with van der Waals surface area (Å²) < 4.78 is 5.06. The summed E-state index contributed by atoms with van der Waals surface area (Å²) >= 11 is 0. The number of nitrogen functional groups attached to an aromatic ring is 1. The van der Waals surface area contributed by atoms with E-state index in [2.05, 4.69) is 10.6 Å². The van der Waals surface area contributed by atoms with E-state index in [1.165, 1.54) is 0 Å². The molecule has 0 bridgehead atoms. The van der Waals surface area contributed by atoms with Crippen LogP contribution >= 0.6 is 0 Å². The summed E-state index contributed by atoms with van der Waals surface area (Å²) in [6.07, 6.45) is 0.865. The van der Waals surface area contributed by atoms with Gasteiger partial charge in [-0.05, 0) is 30.4 Å². The molecule has 0 unspecified atom stereocenters. The van der Waals surface area contributed by atoms with Gasteiger partial charge in [-0.25, -0.2) is 4.79 Å². The number of benzene rings is 2. The number of amidine groups is 1. The molecule has 0 aromatic heterocycles. The summed E-state index contributed by atoms with van der Waals surface area (Å²) in [6, 6.07) is 15.2. The molecule has 0 aliphatic rings. The zero-order valence-electron chi connectivity index (χ0n) is 17.7. The first-order chi connectivity index (χ1) is 15.3. The number of carboxylic acid groups (broad SMARTS) is 1. The number of aliphatic carboxylic acids is 1. The number of carboxylic acids is 1. The fourth-order valence-corrected chi connectivity index (χ4v) is 2.93. The van der Waals surface area contributed by atoms with Crippen molar-refractivity contribution in [3.05, 3.63) is 71.3 Å². The van der Waals surface area contributed by atoms with Crippen LogP contribution in [0.5, 0.6) is 0 Å². The molecule has 0 fully saturated rings. The highest BCUT2D eigenvalue weighted by atomic mass is 16.5. The van der Waals surface area contributed by atoms with Crippen molar-refractivity contribution >= 4 is 23.8 Å². The van der Waals surface area contributed by atoms with Crippen LogP contribution in [0.4, 0.5) is 4.79 Å². The van der Waals surface area contributed by atoms with Gasteiger partial charge < -0.3 is 26.2 Å². The molecule has 2 amide bonds. The van der Waals surface area contributed by atoms with Gasteiger partial charge in [0.2, 0.25) is 5.91 Å². The van der Waals surface area contributed by atoms with Gasteiger partial charge in [0.05, 0.1) is 6.42 Å². The molecule has 170 valence electrons. The number of rotatable bonds is 12. The highest BCUT2D eigenvalue weighted by Crippen LogP contribution is 2.08. The molecule has 0 spiro atoms. The van der Waals surface area contributed by atoms with Crippen LogP contribution in [0, 0.1) is 5.41 Å². The maximum Gasteiger partial charge on any atom is 0.408 e. The number of unbranched alkanes of at least 4 members (excludes halogenated alkanes) is 1. The van der Waals surface area contributed by atoms with Crippen molar-refractivity contribution in [3.63, 3.8) is 0 Å². The molecule has 2 aromatic rings. The quantitative estimate of drug-likeness (QED) is 0.194. The Balaban J connectivity index is 1.73. The summed E-state index contributed by atoms with van der Waals surface area (Å²) in [5.74, 6) is -1.76. The maximum atomic E-state index is 12.3. The smallest absolute Gasteiger partial charge is 0.408 e. The Labute approximate surface area is 186 Å². The van der Waals surface area contributed by atoms with Gasteiger partial charge in [0.15, 0.2) is 0 Å². The van der Waals surface area contributed by atoms with Crippen molar-refractivity contribution in [1.29, 1.82) is 5.41 Å². The number of ether oxygens (including phenoxy) is 1. The summed E-state index contributed by atoms with van der Waals surface area (Å²) in [5, 5.41) is 21.4. The van der Waals surface area contributed by atoms with E-state index < -0.39 is 30.4 Å². The lowest BCUT2D eigenvalue weighted by molar-refractivity contribution is -0.139. The third kappa shape index (κ3) is 8.86. The van der Waals surface area contributed by atoms with Crippen LogP contribution in [-0.2, 0) is 27.4 Å². The minimum Gasteiger partial charge on any atom is -0.481 e. The normalized spacial score (nSPS) is 11.2. The molecule has 0 heterocycles. The Bertz CT molecular complexity index is 916. The van der Waals surface area contributed by atoms with Crippen LogP contribution in [0.15, 0.2) is 54.6 Å². The Morgan fingerprint density at radius 3 is 2.31 bits per heavy atom. The average Bonchev–Trinajstić information content (AvgIpc) is 2.77. The van der Waals surface area contributed by atoms with E-state index in [4.69, 9.17) is 21.0 Å². The standard InChI is InChI=1S/C23H28N4O5/c24-21(25)18-11-9-16(10-12-18)6-4-5-13-26-22(30)19(14-20(28)29)27-23(31)32-15-17-7-2-1-3-8-17/h1-3,7-12,19H,4-6,13-15H2,(H3,24,25)(H,26,30)(H,27,31)(H,28,29)/t19-/m0/s1. The molecular weight excluding hydrogens is 412 g/mol. The number of alkyl carbamates (subject to hydrolysis) is 1. The second-order valence-corrected chi connectivity index (χ2v) is 7.22. The highest BCUT2D eigenvalue weighted by molar-refractivity contribution is 5.94. The lowest BCUT2D eigenvalue weighted by Gasteiger charge is -2.17. The number of aryl methyl sites for hydroxylation is 1. The molecule has 0 saturated heterocycles. The minimum absolute atomic E-state index is 0.0154. The van der Waals surface area contributed by atoms with Gasteiger partial charge in [-0.2, -0.15) is 0 Å². The van der Waals surface area contributed by atoms with Crippen molar-refractivity contribution in [2.45, 2.75) is 38.3 Å². The summed E-state index contributed by atoms with van der Waals surface area (Å²) in [6.45, 7) is 0.364. The molecule has 6 N–H and O–H groups in total. The Morgan fingerprint density at radius 1 is 1.00 bits per heavy atom. The second-order valence-electron chi connectivity index (χ2n) is 7.22. The van der Waals surface area contributed by atoms with Gasteiger partial charge >= 0.3 is 12.1 Å². The van der Waals surface area contributed by atoms with Gasteiger partial charge in [0.1, 0.15) is 18.5 Å². The molecule has 2 aromatic carbocycles. The first-order valence-corrected chi connectivity index (χ1v) is 10.2. The minimum atomic E-state index is -1.23. The maximum absolute atomic E-state index is 12.3. The first kappa shape index (κ1) is 24.4. The SMILES string of the molecule is N=C(N)c1ccc(CCCCNC(=O)[C@H](CC(=O)O)NC(=O)OCc2ccccc2)cc1. The van der Waals surface area contributed by atoms with Crippen molar-refractivity contribution in [2.24, 2.45) is 5.73 Å². The van der Waals surface area contributed by atoms with Gasteiger partial charge in [0.25, 0.3) is 0 Å². The largest absolute Gasteiger partial charge is 0.481 e. The van der Waals surface area contributed by atoms with E-state index in [9.17, 15) is 14.4 Å². The van der Waals surface area contributed by atoms with Crippen molar-refractivity contribution in [3.8, 4) is 0 Å². The molecule has 1 atom stereocenters. The van der Waals surface area contributed by atoms with Crippen LogP contribution in [-0.4, -0.2) is 41.5 Å². The molecule has 9 heteroatoms. The molecule has 0 saturated carbocycles. The first-order valence-electron chi connectivity index (χ1n) is 10.2. The summed E-state index contributed by atoms with van der Waals surface area (Å²) in [5.41, 5.74) is 7.97. The van der Waals surface area contributed by atoms with E-state index >= 15 is 0 Å². The average molecular weight is 441 g/mol. The van der Waals surface area contributed by atoms with Crippen LogP contribution in [0.25, 0.3) is 0 Å². The molecule has 2 rings (SSSR count). The predicted molar refractivity (Wildman–Crippen MR) is 119 cm³/mol. The zero-order chi connectivity index (χ0) is 23.3. The van der Waals surface area contributed by atoms with E-state index in [1.54, 1.807) is 36.4 Å². The second kappa shape index (κ2) is 12.7. The van der Waals surface area contributed by atoms with E-state index in [-0.39, 0.29) is 12.4 Å². The van der Waals surface area contributed by atoms with Gasteiger partial charge in [-0.3, -0.25) is 15.0 Å². The van der Waals surface area contributed by atoms with Crippen LogP contribution in [0.3, 0.4) is 0 Å². The summed E-state index contributed by atoms with van der Waals surface area (Å²) in [4.78, 5) is 35.4. The van der Waals surface area contributed by atoms with E-state index in [0.717, 1.165) is 24.0 Å². The van der Waals surface area contributed by atoms with E-state index in [0.29, 0.717) is 18.5 Å². The summed E-state index contributed by atoms with van der Waals surface area (Å²) in [7, 11) is 0. The van der Waals surface area contributed by atoms with Gasteiger partial charge in [-0.15, -0.1) is 0 Å². The molecule has 0 aliphatic carbocycles. The van der Waals surface area contributed by atoms with Gasteiger partial charge in [-0.1, -0.05) is 54.6 Å². The monoisotopic (exact) mass is 440 g/mol. The highest BCUT2D eigenvalue weighted by Gasteiger charge is 2.24. The predicted octanol–water partition coefficient (Wildman–Crippen LogP) is 2.18. The molecule has 0 aliphatic heterocycles. The lowest BCUT2D eigenvalue weighted by atomic mass is 10.1. The van der Waals surface area contributed by atoms with Crippen molar-refractivity contribution < 1.29 is 24.2 Å². The fraction of sp³-hybridized carbons (Fsp3) is 0.304. The number of carbonyl (C=O) groups is 3. The number of hydrogen-bond donors (Lipinski definition) is 5. The molecule has 9 nitrogen and oxygen atoms in total. The number of hydrogen-bond acceptors (Lipinski definition) is 5. The van der Waals surface area contributed by atoms with Crippen molar-refractivity contribution in [2.75, 3.05) is 6.54 Å². The molecule has 32 heavy (non-hydrogen) atoms. The third-order valence-electron chi connectivity index (χ3n) is 4.66. The zero-order valence-corrected chi connectivity index (χ0v) is 17.7. The van der Waals surface area contributed by atoms with Crippen LogP contribution < -0.4 is 16.4 Å². The topological polar surface area (TPSA) is 155 Å². The third-order valence-corrected chi connectivity index (χ3v) is 4.66. The molecular formula is C23H28N4O5. The lowest BCUT2D eigenvalue weighted by Crippen LogP contribution is -2.48. The fourth-order valence-electron chi connectivity index (χ4n) is 2.93. The molecule has 0 radical (unpaired) electrons. The Hall–Kier alpha value is -3.88. The van der Waals surface area contributed by atoms with Crippen LogP contribution in [0.1, 0.15) is 36.0 Å². The number of nitrogens with one attached hydrogen (secondary N) is 3. The van der Waals surface area contributed by atoms with Crippen LogP contribution in [0.2, 0.25) is 0 Å².